The quantitative estimate of drug-likeness (QED) is 0.212. The van der Waals surface area contributed by atoms with Crippen LogP contribution in [0.5, 0.6) is 0 Å². The average molecular weight is 479 g/mol. The highest BCUT2D eigenvalue weighted by Gasteiger charge is 2.23. The van der Waals surface area contributed by atoms with Crippen molar-refractivity contribution < 1.29 is 17.9 Å². The molecule has 0 aliphatic carbocycles. The van der Waals surface area contributed by atoms with E-state index >= 15 is 0 Å². The maximum Gasteiger partial charge on any atom is 0.421 e. The summed E-state index contributed by atoms with van der Waals surface area (Å²) in [4.78, 5) is 37.4. The van der Waals surface area contributed by atoms with Gasteiger partial charge < -0.3 is 4.74 Å². The number of unbranched alkanes of at least 4 members (excludes halogenated alkanes) is 1. The van der Waals surface area contributed by atoms with Crippen LogP contribution in [0.2, 0.25) is 0 Å². The zero-order valence-corrected chi connectivity index (χ0v) is 19.1. The largest absolute Gasteiger partial charge is 0.449 e. The van der Waals surface area contributed by atoms with Gasteiger partial charge in [0.15, 0.2) is 21.6 Å². The third-order valence-electron chi connectivity index (χ3n) is 4.29. The number of allylic oxidation sites excluding steroid dienone is 1. The number of carbonyl (C=O) groups is 1. The summed E-state index contributed by atoms with van der Waals surface area (Å²) in [5.74, 6) is 0.118. The number of nitrogens with zero attached hydrogens (tertiary/aromatic N) is 5. The van der Waals surface area contributed by atoms with Crippen molar-refractivity contribution in [2.24, 2.45) is 0 Å². The SMILES string of the molecule is C=CCn1c(=O)c2cnc(SC)nc2n1-c1cccc(S(=O)(=O)NC(=O)OCCCC)n1. The van der Waals surface area contributed by atoms with Gasteiger partial charge in [-0.2, -0.15) is 8.42 Å². The fraction of sp³-hybridized carbons (Fsp3) is 0.316. The Morgan fingerprint density at radius 1 is 1.34 bits per heavy atom. The van der Waals surface area contributed by atoms with Gasteiger partial charge in [-0.1, -0.05) is 37.2 Å². The number of carbonyl (C=O) groups excluding carboxylic acids is 1. The number of rotatable bonds is 9. The number of fused-ring (bicyclic) bond motifs is 1. The summed E-state index contributed by atoms with van der Waals surface area (Å²) in [5, 5.41) is 0.264. The molecule has 0 spiro atoms. The highest BCUT2D eigenvalue weighted by molar-refractivity contribution is 7.98. The van der Waals surface area contributed by atoms with E-state index in [0.717, 1.165) is 6.42 Å². The van der Waals surface area contributed by atoms with Crippen LogP contribution in [-0.4, -0.2) is 51.7 Å². The number of aromatic nitrogens is 5. The molecule has 3 aromatic heterocycles. The van der Waals surface area contributed by atoms with Crippen molar-refractivity contribution in [3.05, 3.63) is 47.4 Å². The standard InChI is InChI=1S/C19H22N6O5S2/c1-4-6-11-30-19(27)23-32(28,29)15-9-7-8-14(21-15)25-16-13(12-20-18(22-16)31-3)17(26)24(25)10-5-2/h5,7-9,12H,2,4,6,10-11H2,1,3H3,(H,23,27). The Morgan fingerprint density at radius 3 is 2.81 bits per heavy atom. The molecule has 11 nitrogen and oxygen atoms in total. The molecule has 0 unspecified atom stereocenters. The van der Waals surface area contributed by atoms with Crippen LogP contribution in [0.15, 0.2) is 52.0 Å². The van der Waals surface area contributed by atoms with E-state index in [4.69, 9.17) is 4.74 Å². The Balaban J connectivity index is 2.07. The third-order valence-corrected chi connectivity index (χ3v) is 6.06. The molecule has 1 amide bonds. The van der Waals surface area contributed by atoms with Crippen LogP contribution in [0.1, 0.15) is 19.8 Å². The molecular weight excluding hydrogens is 456 g/mol. The van der Waals surface area contributed by atoms with Gasteiger partial charge in [0.2, 0.25) is 0 Å². The smallest absolute Gasteiger partial charge is 0.421 e. The summed E-state index contributed by atoms with van der Waals surface area (Å²) in [7, 11) is -4.30. The van der Waals surface area contributed by atoms with E-state index in [0.29, 0.717) is 11.6 Å². The lowest BCUT2D eigenvalue weighted by molar-refractivity contribution is 0.151. The van der Waals surface area contributed by atoms with Crippen LogP contribution >= 0.6 is 11.8 Å². The van der Waals surface area contributed by atoms with Crippen LogP contribution in [0.4, 0.5) is 4.79 Å². The van der Waals surface area contributed by atoms with Crippen LogP contribution in [0.3, 0.4) is 0 Å². The predicted octanol–water partition coefficient (Wildman–Crippen LogP) is 2.10. The first-order chi connectivity index (χ1) is 15.3. The van der Waals surface area contributed by atoms with Crippen LogP contribution in [0, 0.1) is 0 Å². The second kappa shape index (κ2) is 9.96. The number of pyridine rings is 1. The number of amides is 1. The van der Waals surface area contributed by atoms with E-state index in [-0.39, 0.29) is 35.6 Å². The summed E-state index contributed by atoms with van der Waals surface area (Å²) in [6, 6.07) is 4.21. The van der Waals surface area contributed by atoms with E-state index in [2.05, 4.69) is 21.5 Å². The molecule has 1 N–H and O–H groups in total. The first-order valence-corrected chi connectivity index (χ1v) is 12.3. The molecule has 0 atom stereocenters. The minimum Gasteiger partial charge on any atom is -0.449 e. The Labute approximate surface area is 188 Å². The maximum atomic E-state index is 12.9. The summed E-state index contributed by atoms with van der Waals surface area (Å²) in [6.07, 6.45) is 5.06. The van der Waals surface area contributed by atoms with E-state index in [1.807, 2.05) is 11.6 Å². The molecule has 0 saturated carbocycles. The van der Waals surface area contributed by atoms with Crippen molar-refractivity contribution in [1.29, 1.82) is 0 Å². The summed E-state index contributed by atoms with van der Waals surface area (Å²) in [5.41, 5.74) is -0.106. The van der Waals surface area contributed by atoms with Crippen molar-refractivity contribution in [3.63, 3.8) is 0 Å². The molecule has 0 aliphatic heterocycles. The van der Waals surface area contributed by atoms with E-state index < -0.39 is 21.1 Å². The number of hydrogen-bond donors (Lipinski definition) is 1. The summed E-state index contributed by atoms with van der Waals surface area (Å²) < 4.78 is 34.7. The van der Waals surface area contributed by atoms with Crippen molar-refractivity contribution in [3.8, 4) is 5.82 Å². The van der Waals surface area contributed by atoms with Gasteiger partial charge >= 0.3 is 6.09 Å². The molecule has 0 aliphatic rings. The first kappa shape index (κ1) is 23.5. The molecule has 32 heavy (non-hydrogen) atoms. The van der Waals surface area contributed by atoms with Crippen LogP contribution in [0.25, 0.3) is 16.9 Å². The third kappa shape index (κ3) is 4.83. The lowest BCUT2D eigenvalue weighted by Gasteiger charge is -2.12. The monoisotopic (exact) mass is 478 g/mol. The van der Waals surface area contributed by atoms with Gasteiger partial charge in [0.05, 0.1) is 13.2 Å². The number of hydrogen-bond acceptors (Lipinski definition) is 9. The highest BCUT2D eigenvalue weighted by atomic mass is 32.2. The molecule has 0 saturated heterocycles. The minimum atomic E-state index is -4.30. The number of sulfonamides is 1. The lowest BCUT2D eigenvalue weighted by Crippen LogP contribution is -2.32. The van der Waals surface area contributed by atoms with Crippen molar-refractivity contribution >= 4 is 38.9 Å². The van der Waals surface area contributed by atoms with E-state index in [1.165, 1.54) is 51.6 Å². The topological polar surface area (TPSA) is 138 Å². The summed E-state index contributed by atoms with van der Waals surface area (Å²) in [6.45, 7) is 5.81. The van der Waals surface area contributed by atoms with Gasteiger partial charge in [-0.3, -0.25) is 4.79 Å². The van der Waals surface area contributed by atoms with Crippen LogP contribution in [-0.2, 0) is 21.3 Å². The highest BCUT2D eigenvalue weighted by Crippen LogP contribution is 2.18. The minimum absolute atomic E-state index is 0.103. The molecule has 0 aromatic carbocycles. The second-order valence-electron chi connectivity index (χ2n) is 6.51. The normalized spacial score (nSPS) is 11.4. The van der Waals surface area contributed by atoms with Crippen molar-refractivity contribution in [2.45, 2.75) is 36.5 Å². The molecule has 170 valence electrons. The zero-order chi connectivity index (χ0) is 23.3. The van der Waals surface area contributed by atoms with Gasteiger partial charge in [-0.25, -0.2) is 33.8 Å². The summed E-state index contributed by atoms with van der Waals surface area (Å²) >= 11 is 1.29. The van der Waals surface area contributed by atoms with E-state index in [9.17, 15) is 18.0 Å². The lowest BCUT2D eigenvalue weighted by atomic mass is 10.4. The van der Waals surface area contributed by atoms with Gasteiger partial charge in [0.1, 0.15) is 5.39 Å². The fourth-order valence-corrected chi connectivity index (χ4v) is 3.99. The number of ether oxygens (including phenoxy) is 1. The molecular formula is C19H22N6O5S2. The average Bonchev–Trinajstić information content (AvgIpc) is 3.05. The van der Waals surface area contributed by atoms with Gasteiger partial charge in [0, 0.05) is 6.20 Å². The molecule has 3 aromatic rings. The molecule has 3 rings (SSSR count). The van der Waals surface area contributed by atoms with Gasteiger partial charge in [-0.15, -0.1) is 6.58 Å². The van der Waals surface area contributed by atoms with Gasteiger partial charge in [-0.05, 0) is 24.8 Å². The second-order valence-corrected chi connectivity index (χ2v) is 8.91. The van der Waals surface area contributed by atoms with Crippen molar-refractivity contribution in [1.82, 2.24) is 29.0 Å². The first-order valence-electron chi connectivity index (χ1n) is 9.62. The van der Waals surface area contributed by atoms with Gasteiger partial charge in [0.25, 0.3) is 15.6 Å². The molecule has 3 heterocycles. The Kier molecular flexibility index (Phi) is 7.30. The number of thioether (sulfide) groups is 1. The Morgan fingerprint density at radius 2 is 2.12 bits per heavy atom. The number of nitrogens with one attached hydrogen (secondary N) is 1. The maximum absolute atomic E-state index is 12.9. The molecule has 0 radical (unpaired) electrons. The molecule has 13 heteroatoms. The van der Waals surface area contributed by atoms with Crippen LogP contribution < -0.4 is 10.3 Å². The Hall–Kier alpha value is -3.19. The molecule has 0 fully saturated rings. The fourth-order valence-electron chi connectivity index (χ4n) is 2.80. The predicted molar refractivity (Wildman–Crippen MR) is 119 cm³/mol. The molecule has 0 bridgehead atoms. The van der Waals surface area contributed by atoms with E-state index in [1.54, 1.807) is 6.26 Å². The zero-order valence-electron chi connectivity index (χ0n) is 17.5. The Bertz CT molecular complexity index is 1320. The van der Waals surface area contributed by atoms with Crippen molar-refractivity contribution in [2.75, 3.05) is 12.9 Å².